The molecule has 0 amide bonds. The molecule has 3 rings (SSSR count). The Hall–Kier alpha value is -3.01. The maximum atomic E-state index is 11.9. The number of carbonyl (C=O) groups is 1. The van der Waals surface area contributed by atoms with Crippen LogP contribution in [0, 0.1) is 6.92 Å². The van der Waals surface area contributed by atoms with Crippen molar-refractivity contribution in [2.24, 2.45) is 0 Å². The summed E-state index contributed by atoms with van der Waals surface area (Å²) >= 11 is 0. The van der Waals surface area contributed by atoms with E-state index in [0.717, 1.165) is 16.3 Å². The Morgan fingerprint density at radius 3 is 2.48 bits per heavy atom. The van der Waals surface area contributed by atoms with Crippen molar-refractivity contribution in [3.05, 3.63) is 65.7 Å². The molecule has 4 heteroatoms. The Kier molecular flexibility index (Phi) is 3.89. The Labute approximate surface area is 134 Å². The van der Waals surface area contributed by atoms with Gasteiger partial charge in [-0.2, -0.15) is 0 Å². The van der Waals surface area contributed by atoms with Crippen molar-refractivity contribution in [1.29, 1.82) is 0 Å². The summed E-state index contributed by atoms with van der Waals surface area (Å²) in [6.07, 6.45) is 0. The van der Waals surface area contributed by atoms with Crippen molar-refractivity contribution in [3.63, 3.8) is 0 Å². The van der Waals surface area contributed by atoms with E-state index in [0.29, 0.717) is 22.7 Å². The van der Waals surface area contributed by atoms with E-state index >= 15 is 0 Å². The highest BCUT2D eigenvalue weighted by Crippen LogP contribution is 2.31. The minimum absolute atomic E-state index is 0.309. The minimum Gasteiger partial charge on any atom is -0.465 e. The van der Waals surface area contributed by atoms with Crippen LogP contribution in [0.15, 0.2) is 54.6 Å². The van der Waals surface area contributed by atoms with Crippen molar-refractivity contribution in [2.75, 3.05) is 12.8 Å². The SMILES string of the molecule is COC(=O)c1cc(N)c(C)cc1Oc1ccc2ccccc2c1. The summed E-state index contributed by atoms with van der Waals surface area (Å²) in [7, 11) is 1.33. The molecule has 116 valence electrons. The molecule has 0 saturated heterocycles. The van der Waals surface area contributed by atoms with Gasteiger partial charge in [0.2, 0.25) is 0 Å². The van der Waals surface area contributed by atoms with Crippen LogP contribution < -0.4 is 10.5 Å². The summed E-state index contributed by atoms with van der Waals surface area (Å²) in [6.45, 7) is 1.86. The van der Waals surface area contributed by atoms with Gasteiger partial charge in [0.05, 0.1) is 7.11 Å². The van der Waals surface area contributed by atoms with Gasteiger partial charge in [0.15, 0.2) is 0 Å². The van der Waals surface area contributed by atoms with Crippen LogP contribution in [0.5, 0.6) is 11.5 Å². The molecule has 23 heavy (non-hydrogen) atoms. The van der Waals surface area contributed by atoms with Crippen LogP contribution in [-0.4, -0.2) is 13.1 Å². The zero-order chi connectivity index (χ0) is 16.4. The first kappa shape index (κ1) is 14.9. The molecule has 0 radical (unpaired) electrons. The van der Waals surface area contributed by atoms with Crippen molar-refractivity contribution in [3.8, 4) is 11.5 Å². The largest absolute Gasteiger partial charge is 0.465 e. The lowest BCUT2D eigenvalue weighted by Crippen LogP contribution is -2.06. The lowest BCUT2D eigenvalue weighted by molar-refractivity contribution is 0.0598. The lowest BCUT2D eigenvalue weighted by atomic mass is 10.1. The highest BCUT2D eigenvalue weighted by atomic mass is 16.5. The second-order valence-electron chi connectivity index (χ2n) is 5.31. The molecule has 0 aliphatic carbocycles. The maximum absolute atomic E-state index is 11.9. The molecule has 2 N–H and O–H groups in total. The third kappa shape index (κ3) is 2.97. The second kappa shape index (κ2) is 6.01. The van der Waals surface area contributed by atoms with Crippen LogP contribution in [0.3, 0.4) is 0 Å². The number of benzene rings is 3. The second-order valence-corrected chi connectivity index (χ2v) is 5.31. The van der Waals surface area contributed by atoms with Gasteiger partial charge in [0.25, 0.3) is 0 Å². The highest BCUT2D eigenvalue weighted by molar-refractivity contribution is 5.94. The smallest absolute Gasteiger partial charge is 0.341 e. The van der Waals surface area contributed by atoms with Crippen LogP contribution in [0.4, 0.5) is 5.69 Å². The van der Waals surface area contributed by atoms with Crippen LogP contribution in [0.25, 0.3) is 10.8 Å². The van der Waals surface area contributed by atoms with Gasteiger partial charge in [-0.1, -0.05) is 30.3 Å². The molecule has 0 unspecified atom stereocenters. The van der Waals surface area contributed by atoms with Crippen molar-refractivity contribution >= 4 is 22.4 Å². The standard InChI is InChI=1S/C19H17NO3/c1-12-9-18(16(11-17(12)20)19(21)22-2)23-15-8-7-13-5-3-4-6-14(13)10-15/h3-11H,20H2,1-2H3. The summed E-state index contributed by atoms with van der Waals surface area (Å²) < 4.78 is 10.7. The van der Waals surface area contributed by atoms with Gasteiger partial charge in [-0.15, -0.1) is 0 Å². The fourth-order valence-corrected chi connectivity index (χ4v) is 2.41. The van der Waals surface area contributed by atoms with Gasteiger partial charge in [-0.3, -0.25) is 0 Å². The van der Waals surface area contributed by atoms with E-state index in [4.69, 9.17) is 15.2 Å². The van der Waals surface area contributed by atoms with Crippen LogP contribution >= 0.6 is 0 Å². The predicted octanol–water partition coefficient (Wildman–Crippen LogP) is 4.31. The molecule has 0 bridgehead atoms. The molecule has 0 fully saturated rings. The van der Waals surface area contributed by atoms with E-state index in [1.165, 1.54) is 7.11 Å². The van der Waals surface area contributed by atoms with Gasteiger partial charge >= 0.3 is 5.97 Å². The van der Waals surface area contributed by atoms with E-state index < -0.39 is 5.97 Å². The third-order valence-corrected chi connectivity index (χ3v) is 3.72. The molecule has 0 aliphatic rings. The molecular weight excluding hydrogens is 290 g/mol. The number of rotatable bonds is 3. The maximum Gasteiger partial charge on any atom is 0.341 e. The topological polar surface area (TPSA) is 61.5 Å². The van der Waals surface area contributed by atoms with E-state index in [9.17, 15) is 4.79 Å². The molecule has 3 aromatic rings. The first-order valence-corrected chi connectivity index (χ1v) is 7.23. The monoisotopic (exact) mass is 307 g/mol. The number of methoxy groups -OCH3 is 1. The van der Waals surface area contributed by atoms with E-state index in [2.05, 4.69) is 0 Å². The molecule has 0 spiro atoms. The van der Waals surface area contributed by atoms with Crippen molar-refractivity contribution < 1.29 is 14.3 Å². The van der Waals surface area contributed by atoms with Crippen molar-refractivity contribution in [1.82, 2.24) is 0 Å². The quantitative estimate of drug-likeness (QED) is 0.578. The van der Waals surface area contributed by atoms with Gasteiger partial charge in [-0.25, -0.2) is 4.79 Å². The highest BCUT2D eigenvalue weighted by Gasteiger charge is 2.16. The van der Waals surface area contributed by atoms with E-state index in [1.54, 1.807) is 12.1 Å². The Morgan fingerprint density at radius 1 is 1.00 bits per heavy atom. The number of carbonyl (C=O) groups excluding carboxylic acids is 1. The number of ether oxygens (including phenoxy) is 2. The summed E-state index contributed by atoms with van der Waals surface area (Å²) in [5.74, 6) is 0.601. The van der Waals surface area contributed by atoms with Gasteiger partial charge in [-0.05, 0) is 47.5 Å². The Bertz CT molecular complexity index is 887. The molecule has 0 aromatic heterocycles. The molecule has 3 aromatic carbocycles. The summed E-state index contributed by atoms with van der Waals surface area (Å²) in [4.78, 5) is 11.9. The fraction of sp³-hybridized carbons (Fsp3) is 0.105. The number of hydrogen-bond donors (Lipinski definition) is 1. The number of nitrogen functional groups attached to an aromatic ring is 1. The average Bonchev–Trinajstić information content (AvgIpc) is 2.57. The first-order chi connectivity index (χ1) is 11.1. The minimum atomic E-state index is -0.479. The van der Waals surface area contributed by atoms with Crippen LogP contribution in [0.1, 0.15) is 15.9 Å². The van der Waals surface area contributed by atoms with E-state index in [1.807, 2.05) is 49.4 Å². The number of anilines is 1. The number of aryl methyl sites for hydroxylation is 1. The first-order valence-electron chi connectivity index (χ1n) is 7.23. The zero-order valence-electron chi connectivity index (χ0n) is 13.0. The number of nitrogens with two attached hydrogens (primary N) is 1. The normalized spacial score (nSPS) is 10.5. The Morgan fingerprint density at radius 2 is 1.74 bits per heavy atom. The number of fused-ring (bicyclic) bond motifs is 1. The van der Waals surface area contributed by atoms with Gasteiger partial charge < -0.3 is 15.2 Å². The molecular formula is C19H17NO3. The Balaban J connectivity index is 2.03. The molecule has 4 nitrogen and oxygen atoms in total. The van der Waals surface area contributed by atoms with Gasteiger partial charge in [0, 0.05) is 5.69 Å². The lowest BCUT2D eigenvalue weighted by Gasteiger charge is -2.13. The zero-order valence-corrected chi connectivity index (χ0v) is 13.0. The fourth-order valence-electron chi connectivity index (χ4n) is 2.41. The third-order valence-electron chi connectivity index (χ3n) is 3.72. The summed E-state index contributed by atoms with van der Waals surface area (Å²) in [6, 6.07) is 17.1. The van der Waals surface area contributed by atoms with Crippen LogP contribution in [0.2, 0.25) is 0 Å². The molecule has 0 heterocycles. The van der Waals surface area contributed by atoms with Crippen LogP contribution in [-0.2, 0) is 4.74 Å². The number of esters is 1. The van der Waals surface area contributed by atoms with E-state index in [-0.39, 0.29) is 0 Å². The summed E-state index contributed by atoms with van der Waals surface area (Å²) in [5.41, 5.74) is 7.56. The van der Waals surface area contributed by atoms with Crippen molar-refractivity contribution in [2.45, 2.75) is 6.92 Å². The average molecular weight is 307 g/mol. The van der Waals surface area contributed by atoms with Gasteiger partial charge in [0.1, 0.15) is 17.1 Å². The summed E-state index contributed by atoms with van der Waals surface area (Å²) in [5, 5.41) is 2.19. The number of hydrogen-bond acceptors (Lipinski definition) is 4. The predicted molar refractivity (Wildman–Crippen MR) is 91.0 cm³/mol. The molecule has 0 aliphatic heterocycles. The molecule has 0 saturated carbocycles. The molecule has 0 atom stereocenters.